The Bertz CT molecular complexity index is 260. The molecule has 0 aliphatic carbocycles. The van der Waals surface area contributed by atoms with Gasteiger partial charge in [0, 0.05) is 13.6 Å². The second-order valence-corrected chi connectivity index (χ2v) is 4.73. The highest BCUT2D eigenvalue weighted by molar-refractivity contribution is 5.85. The molecule has 0 bridgehead atoms. The second-order valence-electron chi connectivity index (χ2n) is 4.73. The summed E-state index contributed by atoms with van der Waals surface area (Å²) in [6.07, 6.45) is -4.41. The number of carbonyl (C=O) groups excluding carboxylic acids is 1. The standard InChI is InChI=1S/C10H19F3N2O2.ClH/c1-9(2,5-14)6-15(3)8(16)4-17-7-10(11,12)13;/h4-7,14H2,1-3H3;1H. The predicted molar refractivity (Wildman–Crippen MR) is 64.6 cm³/mol. The third-order valence-corrected chi connectivity index (χ3v) is 2.13. The van der Waals surface area contributed by atoms with Crippen molar-refractivity contribution in [2.45, 2.75) is 20.0 Å². The van der Waals surface area contributed by atoms with Crippen LogP contribution in [0.15, 0.2) is 0 Å². The number of alkyl halides is 3. The number of carbonyl (C=O) groups is 1. The fourth-order valence-electron chi connectivity index (χ4n) is 1.16. The third kappa shape index (κ3) is 9.49. The van der Waals surface area contributed by atoms with E-state index in [0.29, 0.717) is 13.1 Å². The van der Waals surface area contributed by atoms with Gasteiger partial charge in [0.25, 0.3) is 0 Å². The van der Waals surface area contributed by atoms with Gasteiger partial charge in [0.15, 0.2) is 0 Å². The van der Waals surface area contributed by atoms with E-state index in [4.69, 9.17) is 5.73 Å². The van der Waals surface area contributed by atoms with E-state index in [2.05, 4.69) is 4.74 Å². The van der Waals surface area contributed by atoms with E-state index in [1.165, 1.54) is 11.9 Å². The molecular weight excluding hydrogens is 273 g/mol. The molecule has 0 aromatic carbocycles. The van der Waals surface area contributed by atoms with Crippen LogP contribution in [0, 0.1) is 5.41 Å². The minimum absolute atomic E-state index is 0. The number of rotatable bonds is 6. The van der Waals surface area contributed by atoms with Crippen molar-refractivity contribution in [2.24, 2.45) is 11.1 Å². The van der Waals surface area contributed by atoms with Crippen LogP contribution in [0.2, 0.25) is 0 Å². The van der Waals surface area contributed by atoms with Gasteiger partial charge in [0.2, 0.25) is 5.91 Å². The zero-order chi connectivity index (χ0) is 13.7. The van der Waals surface area contributed by atoms with Gasteiger partial charge in [-0.1, -0.05) is 13.8 Å². The second kappa shape index (κ2) is 7.81. The number of amides is 1. The van der Waals surface area contributed by atoms with E-state index in [0.717, 1.165) is 0 Å². The van der Waals surface area contributed by atoms with E-state index in [1.54, 1.807) is 0 Å². The molecule has 0 atom stereocenters. The predicted octanol–water partition coefficient (Wildman–Crippen LogP) is 1.43. The molecule has 0 saturated heterocycles. The maximum absolute atomic E-state index is 11.8. The van der Waals surface area contributed by atoms with E-state index >= 15 is 0 Å². The summed E-state index contributed by atoms with van der Waals surface area (Å²) < 4.78 is 39.6. The lowest BCUT2D eigenvalue weighted by Gasteiger charge is -2.29. The number of hydrogen-bond donors (Lipinski definition) is 1. The lowest BCUT2D eigenvalue weighted by Crippen LogP contribution is -2.41. The van der Waals surface area contributed by atoms with Crippen LogP contribution in [0.4, 0.5) is 13.2 Å². The Morgan fingerprint density at radius 2 is 1.83 bits per heavy atom. The Labute approximate surface area is 111 Å². The van der Waals surface area contributed by atoms with Crippen molar-refractivity contribution < 1.29 is 22.7 Å². The Kier molecular flexibility index (Phi) is 8.59. The van der Waals surface area contributed by atoms with Crippen LogP contribution in [-0.4, -0.2) is 50.3 Å². The van der Waals surface area contributed by atoms with E-state index in [-0.39, 0.29) is 17.8 Å². The Morgan fingerprint density at radius 3 is 2.22 bits per heavy atom. The molecule has 4 nitrogen and oxygen atoms in total. The average molecular weight is 293 g/mol. The smallest absolute Gasteiger partial charge is 0.362 e. The first-order valence-electron chi connectivity index (χ1n) is 5.16. The zero-order valence-electron chi connectivity index (χ0n) is 10.7. The first-order valence-corrected chi connectivity index (χ1v) is 5.16. The zero-order valence-corrected chi connectivity index (χ0v) is 11.5. The molecule has 8 heteroatoms. The summed E-state index contributed by atoms with van der Waals surface area (Å²) in [6, 6.07) is 0. The van der Waals surface area contributed by atoms with Gasteiger partial charge >= 0.3 is 6.18 Å². The highest BCUT2D eigenvalue weighted by atomic mass is 35.5. The van der Waals surface area contributed by atoms with Gasteiger partial charge in [-0.05, 0) is 12.0 Å². The first-order chi connectivity index (χ1) is 7.57. The third-order valence-electron chi connectivity index (χ3n) is 2.13. The Morgan fingerprint density at radius 1 is 1.33 bits per heavy atom. The topological polar surface area (TPSA) is 55.6 Å². The van der Waals surface area contributed by atoms with Crippen LogP contribution in [0.25, 0.3) is 0 Å². The molecule has 18 heavy (non-hydrogen) atoms. The summed E-state index contributed by atoms with van der Waals surface area (Å²) in [5.74, 6) is -0.490. The van der Waals surface area contributed by atoms with Gasteiger partial charge in [-0.25, -0.2) is 0 Å². The van der Waals surface area contributed by atoms with Crippen molar-refractivity contribution in [2.75, 3.05) is 33.4 Å². The summed E-state index contributed by atoms with van der Waals surface area (Å²) in [4.78, 5) is 12.7. The Balaban J connectivity index is 0. The molecule has 0 aliphatic rings. The summed E-state index contributed by atoms with van der Waals surface area (Å²) in [5.41, 5.74) is 5.22. The molecule has 0 rings (SSSR count). The van der Waals surface area contributed by atoms with E-state index < -0.39 is 25.3 Å². The quantitative estimate of drug-likeness (QED) is 0.806. The largest absolute Gasteiger partial charge is 0.411 e. The van der Waals surface area contributed by atoms with Crippen LogP contribution < -0.4 is 5.73 Å². The maximum atomic E-state index is 11.8. The van der Waals surface area contributed by atoms with E-state index in [9.17, 15) is 18.0 Å². The minimum atomic E-state index is -4.41. The van der Waals surface area contributed by atoms with Gasteiger partial charge in [-0.3, -0.25) is 4.79 Å². The highest BCUT2D eigenvalue weighted by Gasteiger charge is 2.28. The molecule has 0 heterocycles. The van der Waals surface area contributed by atoms with Crippen LogP contribution in [0.5, 0.6) is 0 Å². The SMILES string of the molecule is CN(CC(C)(C)CN)C(=O)COCC(F)(F)F.Cl. The number of ether oxygens (including phenoxy) is 1. The molecular formula is C10H20ClF3N2O2. The van der Waals surface area contributed by atoms with Crippen molar-refractivity contribution >= 4 is 18.3 Å². The van der Waals surface area contributed by atoms with Gasteiger partial charge < -0.3 is 15.4 Å². The molecule has 0 radical (unpaired) electrons. The number of halogens is 4. The monoisotopic (exact) mass is 292 g/mol. The fourth-order valence-corrected chi connectivity index (χ4v) is 1.16. The summed E-state index contributed by atoms with van der Waals surface area (Å²) in [5, 5.41) is 0. The molecule has 0 fully saturated rings. The number of likely N-dealkylation sites (N-methyl/N-ethyl adjacent to an activating group) is 1. The summed E-state index contributed by atoms with van der Waals surface area (Å²) in [6.45, 7) is 2.51. The Hall–Kier alpha value is -0.530. The number of nitrogens with two attached hydrogens (primary N) is 1. The molecule has 110 valence electrons. The summed E-state index contributed by atoms with van der Waals surface area (Å²) in [7, 11) is 1.51. The van der Waals surface area contributed by atoms with Gasteiger partial charge in [0.05, 0.1) is 0 Å². The molecule has 1 amide bonds. The number of hydrogen-bond acceptors (Lipinski definition) is 3. The first kappa shape index (κ1) is 19.8. The molecule has 0 aromatic rings. The molecule has 0 aromatic heterocycles. The van der Waals surface area contributed by atoms with Crippen molar-refractivity contribution in [3.63, 3.8) is 0 Å². The van der Waals surface area contributed by atoms with Gasteiger partial charge in [0.1, 0.15) is 13.2 Å². The van der Waals surface area contributed by atoms with Crippen LogP contribution >= 0.6 is 12.4 Å². The van der Waals surface area contributed by atoms with Gasteiger partial charge in [-0.2, -0.15) is 13.2 Å². The molecule has 0 saturated carbocycles. The maximum Gasteiger partial charge on any atom is 0.411 e. The molecule has 0 spiro atoms. The lowest BCUT2D eigenvalue weighted by molar-refractivity contribution is -0.177. The van der Waals surface area contributed by atoms with Crippen molar-refractivity contribution in [3.8, 4) is 0 Å². The minimum Gasteiger partial charge on any atom is -0.362 e. The average Bonchev–Trinajstić information content (AvgIpc) is 2.15. The van der Waals surface area contributed by atoms with Crippen LogP contribution in [0.3, 0.4) is 0 Å². The normalized spacial score (nSPS) is 11.9. The highest BCUT2D eigenvalue weighted by Crippen LogP contribution is 2.15. The number of nitrogens with zero attached hydrogens (tertiary/aromatic N) is 1. The van der Waals surface area contributed by atoms with Crippen molar-refractivity contribution in [1.82, 2.24) is 4.90 Å². The lowest BCUT2D eigenvalue weighted by atomic mass is 9.93. The summed E-state index contributed by atoms with van der Waals surface area (Å²) >= 11 is 0. The molecule has 0 unspecified atom stereocenters. The molecule has 2 N–H and O–H groups in total. The van der Waals surface area contributed by atoms with Crippen molar-refractivity contribution in [1.29, 1.82) is 0 Å². The van der Waals surface area contributed by atoms with Crippen LogP contribution in [-0.2, 0) is 9.53 Å². The fraction of sp³-hybridized carbons (Fsp3) is 0.900. The van der Waals surface area contributed by atoms with Gasteiger partial charge in [-0.15, -0.1) is 12.4 Å². The van der Waals surface area contributed by atoms with Crippen LogP contribution in [0.1, 0.15) is 13.8 Å². The molecule has 0 aliphatic heterocycles. The van der Waals surface area contributed by atoms with E-state index in [1.807, 2.05) is 13.8 Å². The van der Waals surface area contributed by atoms with Crippen molar-refractivity contribution in [3.05, 3.63) is 0 Å².